The lowest BCUT2D eigenvalue weighted by Gasteiger charge is -2.50. The van der Waals surface area contributed by atoms with E-state index in [1.54, 1.807) is 13.3 Å². The number of likely N-dealkylation sites (N-methyl/N-ethyl adjacent to an activating group) is 1. The van der Waals surface area contributed by atoms with Gasteiger partial charge in [-0.25, -0.2) is 0 Å². The standard InChI is InChI=1S/C14H24ClN5O/c1-16-13(12-10-18-3-5-19(12)6-4-18)14-11(15)9-17-20(14)7-8-21-2/h9,12-13,16H,3-8,10H2,1-2H3. The molecular formula is C14H24ClN5O. The minimum atomic E-state index is 0.194. The van der Waals surface area contributed by atoms with E-state index in [0.717, 1.165) is 36.9 Å². The summed E-state index contributed by atoms with van der Waals surface area (Å²) in [7, 11) is 3.72. The molecule has 0 aliphatic carbocycles. The van der Waals surface area contributed by atoms with Crippen molar-refractivity contribution in [2.45, 2.75) is 18.6 Å². The average Bonchev–Trinajstić information content (AvgIpc) is 2.89. The first-order valence-corrected chi connectivity index (χ1v) is 7.96. The van der Waals surface area contributed by atoms with Crippen molar-refractivity contribution in [3.05, 3.63) is 16.9 Å². The number of methoxy groups -OCH3 is 1. The van der Waals surface area contributed by atoms with Crippen LogP contribution in [0.4, 0.5) is 0 Å². The molecule has 0 spiro atoms. The number of hydrogen-bond donors (Lipinski definition) is 1. The van der Waals surface area contributed by atoms with Crippen LogP contribution in [0.3, 0.4) is 0 Å². The number of halogens is 1. The van der Waals surface area contributed by atoms with Gasteiger partial charge in [0.25, 0.3) is 0 Å². The summed E-state index contributed by atoms with van der Waals surface area (Å²) >= 11 is 6.42. The van der Waals surface area contributed by atoms with Crippen LogP contribution in [-0.2, 0) is 11.3 Å². The first kappa shape index (κ1) is 15.2. The fraction of sp³-hybridized carbons (Fsp3) is 0.786. The van der Waals surface area contributed by atoms with E-state index < -0.39 is 0 Å². The number of ether oxygens (including phenoxy) is 1. The Bertz CT molecular complexity index is 472. The second-order valence-corrected chi connectivity index (χ2v) is 6.17. The summed E-state index contributed by atoms with van der Waals surface area (Å²) in [5.74, 6) is 0. The first-order chi connectivity index (χ1) is 10.2. The third kappa shape index (κ3) is 2.96. The van der Waals surface area contributed by atoms with E-state index in [2.05, 4.69) is 20.2 Å². The lowest BCUT2D eigenvalue weighted by atomic mass is 9.97. The van der Waals surface area contributed by atoms with Crippen molar-refractivity contribution < 1.29 is 4.74 Å². The van der Waals surface area contributed by atoms with E-state index in [1.807, 2.05) is 11.7 Å². The molecule has 2 atom stereocenters. The Hall–Kier alpha value is -0.660. The molecule has 3 saturated heterocycles. The number of rotatable bonds is 6. The van der Waals surface area contributed by atoms with Crippen LogP contribution in [-0.4, -0.2) is 79.1 Å². The van der Waals surface area contributed by atoms with Crippen molar-refractivity contribution in [1.29, 1.82) is 0 Å². The fourth-order valence-electron chi connectivity index (χ4n) is 3.52. The smallest absolute Gasteiger partial charge is 0.0834 e. The van der Waals surface area contributed by atoms with Gasteiger partial charge in [0, 0.05) is 45.9 Å². The van der Waals surface area contributed by atoms with Crippen LogP contribution in [0.1, 0.15) is 11.7 Å². The topological polar surface area (TPSA) is 45.6 Å². The molecule has 1 N–H and O–H groups in total. The van der Waals surface area contributed by atoms with Gasteiger partial charge in [0.2, 0.25) is 0 Å². The van der Waals surface area contributed by atoms with E-state index in [-0.39, 0.29) is 6.04 Å². The number of nitrogens with one attached hydrogen (secondary N) is 1. The highest BCUT2D eigenvalue weighted by molar-refractivity contribution is 6.31. The number of hydrogen-bond acceptors (Lipinski definition) is 5. The summed E-state index contributed by atoms with van der Waals surface area (Å²) in [5, 5.41) is 8.61. The summed E-state index contributed by atoms with van der Waals surface area (Å²) in [6, 6.07) is 0.646. The molecule has 1 aromatic heterocycles. The second-order valence-electron chi connectivity index (χ2n) is 5.76. The van der Waals surface area contributed by atoms with Crippen molar-refractivity contribution in [2.75, 3.05) is 53.5 Å². The Morgan fingerprint density at radius 2 is 2.19 bits per heavy atom. The highest BCUT2D eigenvalue weighted by atomic mass is 35.5. The van der Waals surface area contributed by atoms with Gasteiger partial charge in [-0.05, 0) is 7.05 Å². The predicted octanol–water partition coefficient (Wildman–Crippen LogP) is 0.443. The maximum atomic E-state index is 6.42. The molecule has 3 fully saturated rings. The third-order valence-corrected chi connectivity index (χ3v) is 4.94. The van der Waals surface area contributed by atoms with Crippen LogP contribution in [0.2, 0.25) is 5.02 Å². The lowest BCUT2D eigenvalue weighted by Crippen LogP contribution is -2.64. The van der Waals surface area contributed by atoms with Gasteiger partial charge >= 0.3 is 0 Å². The zero-order valence-corrected chi connectivity index (χ0v) is 13.5. The number of aromatic nitrogens is 2. The molecule has 3 aliphatic rings. The first-order valence-electron chi connectivity index (χ1n) is 7.58. The zero-order valence-electron chi connectivity index (χ0n) is 12.8. The quantitative estimate of drug-likeness (QED) is 0.826. The van der Waals surface area contributed by atoms with Gasteiger partial charge in [-0.1, -0.05) is 11.6 Å². The van der Waals surface area contributed by atoms with Crippen LogP contribution in [0.15, 0.2) is 6.20 Å². The summed E-state index contributed by atoms with van der Waals surface area (Å²) in [6.45, 7) is 7.12. The molecule has 0 saturated carbocycles. The molecule has 1 aromatic rings. The summed E-state index contributed by atoms with van der Waals surface area (Å²) in [4.78, 5) is 5.12. The maximum absolute atomic E-state index is 6.42. The second kappa shape index (κ2) is 6.62. The molecule has 0 amide bonds. The number of fused-ring (bicyclic) bond motifs is 3. The highest BCUT2D eigenvalue weighted by Crippen LogP contribution is 2.31. The summed E-state index contributed by atoms with van der Waals surface area (Å²) < 4.78 is 7.15. The number of piperazine rings is 3. The molecule has 2 bridgehead atoms. The van der Waals surface area contributed by atoms with Gasteiger partial charge in [0.05, 0.1) is 36.1 Å². The van der Waals surface area contributed by atoms with Crippen LogP contribution < -0.4 is 5.32 Å². The highest BCUT2D eigenvalue weighted by Gasteiger charge is 2.38. The zero-order chi connectivity index (χ0) is 14.8. The predicted molar refractivity (Wildman–Crippen MR) is 82.7 cm³/mol. The molecule has 21 heavy (non-hydrogen) atoms. The van der Waals surface area contributed by atoms with Crippen molar-refractivity contribution in [3.63, 3.8) is 0 Å². The summed E-state index contributed by atoms with van der Waals surface area (Å²) in [5.41, 5.74) is 1.08. The molecule has 7 heteroatoms. The fourth-order valence-corrected chi connectivity index (χ4v) is 3.78. The lowest BCUT2D eigenvalue weighted by molar-refractivity contribution is -0.00396. The van der Waals surface area contributed by atoms with E-state index in [9.17, 15) is 0 Å². The van der Waals surface area contributed by atoms with E-state index in [4.69, 9.17) is 16.3 Å². The Kier molecular flexibility index (Phi) is 4.81. The molecule has 2 unspecified atom stereocenters. The van der Waals surface area contributed by atoms with Gasteiger partial charge in [0.1, 0.15) is 0 Å². The Morgan fingerprint density at radius 1 is 1.43 bits per heavy atom. The SMILES string of the molecule is CNC(c1c(Cl)cnn1CCOC)C1CN2CCN1CC2. The average molecular weight is 314 g/mol. The molecule has 6 nitrogen and oxygen atoms in total. The Labute approximate surface area is 131 Å². The van der Waals surface area contributed by atoms with Crippen molar-refractivity contribution in [3.8, 4) is 0 Å². The minimum Gasteiger partial charge on any atom is -0.383 e. The van der Waals surface area contributed by atoms with Gasteiger partial charge < -0.3 is 10.1 Å². The molecular weight excluding hydrogens is 290 g/mol. The molecule has 0 radical (unpaired) electrons. The minimum absolute atomic E-state index is 0.194. The van der Waals surface area contributed by atoms with E-state index in [0.29, 0.717) is 12.6 Å². The summed E-state index contributed by atoms with van der Waals surface area (Å²) in [6.07, 6.45) is 1.74. The van der Waals surface area contributed by atoms with Gasteiger partial charge in [-0.15, -0.1) is 0 Å². The van der Waals surface area contributed by atoms with Gasteiger partial charge in [-0.3, -0.25) is 14.5 Å². The molecule has 0 aromatic carbocycles. The van der Waals surface area contributed by atoms with Crippen LogP contribution in [0.5, 0.6) is 0 Å². The van der Waals surface area contributed by atoms with E-state index in [1.165, 1.54) is 13.1 Å². The van der Waals surface area contributed by atoms with Crippen LogP contribution in [0.25, 0.3) is 0 Å². The van der Waals surface area contributed by atoms with Crippen molar-refractivity contribution in [2.24, 2.45) is 0 Å². The number of nitrogens with zero attached hydrogens (tertiary/aromatic N) is 4. The van der Waals surface area contributed by atoms with Crippen LogP contribution in [0, 0.1) is 0 Å². The van der Waals surface area contributed by atoms with Crippen molar-refractivity contribution >= 4 is 11.6 Å². The van der Waals surface area contributed by atoms with Gasteiger partial charge in [-0.2, -0.15) is 5.10 Å². The molecule has 118 valence electrons. The largest absolute Gasteiger partial charge is 0.383 e. The van der Waals surface area contributed by atoms with Gasteiger partial charge in [0.15, 0.2) is 0 Å². The normalized spacial score (nSPS) is 29.8. The monoisotopic (exact) mass is 313 g/mol. The van der Waals surface area contributed by atoms with E-state index >= 15 is 0 Å². The molecule has 3 aliphatic heterocycles. The van der Waals surface area contributed by atoms with Crippen molar-refractivity contribution in [1.82, 2.24) is 24.9 Å². The third-order valence-electron chi connectivity index (χ3n) is 4.65. The Balaban J connectivity index is 1.84. The van der Waals surface area contributed by atoms with Crippen LogP contribution >= 0.6 is 11.6 Å². The maximum Gasteiger partial charge on any atom is 0.0834 e. The Morgan fingerprint density at radius 3 is 2.76 bits per heavy atom. The molecule has 4 rings (SSSR count). The molecule has 4 heterocycles.